The Labute approximate surface area is 115 Å². The maximum absolute atomic E-state index is 13.1. The molecule has 1 rings (SSSR count). The van der Waals surface area contributed by atoms with Crippen LogP contribution in [-0.4, -0.2) is 25.5 Å². The molecule has 108 valence electrons. The van der Waals surface area contributed by atoms with Gasteiger partial charge in [-0.05, 0) is 24.1 Å². The molecule has 1 aromatic rings. The Morgan fingerprint density at radius 2 is 2.05 bits per heavy atom. The van der Waals surface area contributed by atoms with E-state index < -0.39 is 39.3 Å². The summed E-state index contributed by atoms with van der Waals surface area (Å²) in [5.74, 6) is -2.63. The molecule has 0 saturated heterocycles. The van der Waals surface area contributed by atoms with Crippen LogP contribution in [0.5, 0.6) is 0 Å². The molecule has 8 heteroatoms. The molecule has 0 saturated carbocycles. The van der Waals surface area contributed by atoms with E-state index in [0.29, 0.717) is 0 Å². The molecule has 0 fully saturated rings. The van der Waals surface area contributed by atoms with Crippen LogP contribution in [0.2, 0.25) is 0 Å². The van der Waals surface area contributed by atoms with Crippen LogP contribution < -0.4 is 4.72 Å². The summed E-state index contributed by atoms with van der Waals surface area (Å²) in [4.78, 5) is 10.6. The van der Waals surface area contributed by atoms with E-state index in [0.717, 1.165) is 18.2 Å². The maximum Gasteiger partial charge on any atom is 0.322 e. The zero-order valence-electron chi connectivity index (χ0n) is 10.8. The van der Waals surface area contributed by atoms with E-state index in [-0.39, 0.29) is 4.90 Å². The number of carboxylic acids is 1. The number of nitrogens with one attached hydrogen (secondary N) is 1. The van der Waals surface area contributed by atoms with E-state index >= 15 is 0 Å². The van der Waals surface area contributed by atoms with Gasteiger partial charge in [-0.2, -0.15) is 9.98 Å². The molecule has 0 radical (unpaired) electrons. The van der Waals surface area contributed by atoms with E-state index in [1.807, 2.05) is 4.72 Å². The van der Waals surface area contributed by atoms with Crippen molar-refractivity contribution in [3.05, 3.63) is 29.6 Å². The second kappa shape index (κ2) is 5.98. The highest BCUT2D eigenvalue weighted by molar-refractivity contribution is 7.89. The standard InChI is InChI=1S/C12H13FN2O4S/c1-7(2)11(12(16)17)15-20(18,19)9-3-4-10(13)8(5-9)6-14/h3-5,7,11,15H,1-2H3,(H,16,17)/t11-/m1/s1. The molecule has 0 amide bonds. The quantitative estimate of drug-likeness (QED) is 0.846. The van der Waals surface area contributed by atoms with Crippen LogP contribution in [0.1, 0.15) is 19.4 Å². The van der Waals surface area contributed by atoms with Gasteiger partial charge in [-0.3, -0.25) is 4.79 Å². The Kier molecular flexibility index (Phi) is 4.81. The van der Waals surface area contributed by atoms with E-state index in [1.165, 1.54) is 6.07 Å². The molecule has 0 aromatic heterocycles. The van der Waals surface area contributed by atoms with Crippen LogP contribution in [0, 0.1) is 23.1 Å². The van der Waals surface area contributed by atoms with Gasteiger partial charge in [-0.15, -0.1) is 0 Å². The molecule has 0 unspecified atom stereocenters. The molecule has 20 heavy (non-hydrogen) atoms. The van der Waals surface area contributed by atoms with Gasteiger partial charge < -0.3 is 5.11 Å². The Morgan fingerprint density at radius 1 is 1.45 bits per heavy atom. The SMILES string of the molecule is CC(C)[C@@H](NS(=O)(=O)c1ccc(F)c(C#N)c1)C(=O)O. The average Bonchev–Trinajstić information content (AvgIpc) is 2.35. The van der Waals surface area contributed by atoms with Gasteiger partial charge in [-0.1, -0.05) is 13.8 Å². The zero-order chi connectivity index (χ0) is 15.5. The largest absolute Gasteiger partial charge is 0.480 e. The Balaban J connectivity index is 3.18. The third kappa shape index (κ3) is 3.53. The van der Waals surface area contributed by atoms with Crippen molar-refractivity contribution < 1.29 is 22.7 Å². The first-order valence-electron chi connectivity index (χ1n) is 5.64. The summed E-state index contributed by atoms with van der Waals surface area (Å²) in [7, 11) is -4.15. The Morgan fingerprint density at radius 3 is 2.50 bits per heavy atom. The molecular formula is C12H13FN2O4S. The predicted molar refractivity (Wildman–Crippen MR) is 67.7 cm³/mol. The van der Waals surface area contributed by atoms with Crippen LogP contribution in [0.4, 0.5) is 4.39 Å². The molecule has 0 bridgehead atoms. The van der Waals surface area contributed by atoms with Gasteiger partial charge in [0.15, 0.2) is 0 Å². The molecule has 0 heterocycles. The van der Waals surface area contributed by atoms with Gasteiger partial charge in [0, 0.05) is 0 Å². The maximum atomic E-state index is 13.1. The smallest absolute Gasteiger partial charge is 0.322 e. The van der Waals surface area contributed by atoms with Crippen LogP contribution >= 0.6 is 0 Å². The fourth-order valence-corrected chi connectivity index (χ4v) is 2.83. The fourth-order valence-electron chi connectivity index (χ4n) is 1.46. The van der Waals surface area contributed by atoms with Gasteiger partial charge in [0.25, 0.3) is 0 Å². The summed E-state index contributed by atoms with van der Waals surface area (Å²) in [6.07, 6.45) is 0. The van der Waals surface area contributed by atoms with Gasteiger partial charge in [0.2, 0.25) is 10.0 Å². The number of hydrogen-bond acceptors (Lipinski definition) is 4. The van der Waals surface area contributed by atoms with Crippen LogP contribution in [0.25, 0.3) is 0 Å². The molecule has 0 aliphatic rings. The normalized spacial score (nSPS) is 12.9. The molecular weight excluding hydrogens is 287 g/mol. The minimum Gasteiger partial charge on any atom is -0.480 e. The van der Waals surface area contributed by atoms with Gasteiger partial charge >= 0.3 is 5.97 Å². The molecule has 0 spiro atoms. The number of carbonyl (C=O) groups is 1. The molecule has 0 aliphatic carbocycles. The first kappa shape index (κ1) is 16.1. The van der Waals surface area contributed by atoms with Crippen molar-refractivity contribution in [3.63, 3.8) is 0 Å². The molecule has 6 nitrogen and oxygen atoms in total. The predicted octanol–water partition coefficient (Wildman–Crippen LogP) is 1.08. The number of nitrogens with zero attached hydrogens (tertiary/aromatic N) is 1. The number of aliphatic carboxylic acids is 1. The Bertz CT molecular complexity index is 665. The van der Waals surface area contributed by atoms with Crippen LogP contribution in [-0.2, 0) is 14.8 Å². The second-order valence-electron chi connectivity index (χ2n) is 4.43. The summed E-state index contributed by atoms with van der Waals surface area (Å²) in [5.41, 5.74) is -0.427. The highest BCUT2D eigenvalue weighted by Gasteiger charge is 2.28. The lowest BCUT2D eigenvalue weighted by atomic mass is 10.1. The van der Waals surface area contributed by atoms with Crippen molar-refractivity contribution in [3.8, 4) is 6.07 Å². The minimum atomic E-state index is -4.15. The number of carboxylic acid groups (broad SMARTS) is 1. The van der Waals surface area contributed by atoms with E-state index in [9.17, 15) is 17.6 Å². The number of hydrogen-bond donors (Lipinski definition) is 2. The number of rotatable bonds is 5. The lowest BCUT2D eigenvalue weighted by Crippen LogP contribution is -2.44. The van der Waals surface area contributed by atoms with Gasteiger partial charge in [0.05, 0.1) is 10.5 Å². The second-order valence-corrected chi connectivity index (χ2v) is 6.15. The lowest BCUT2D eigenvalue weighted by Gasteiger charge is -2.18. The third-order valence-electron chi connectivity index (χ3n) is 2.58. The first-order valence-corrected chi connectivity index (χ1v) is 7.12. The summed E-state index contributed by atoms with van der Waals surface area (Å²) in [6, 6.07) is 2.89. The van der Waals surface area contributed by atoms with Crippen LogP contribution in [0.15, 0.2) is 23.1 Å². The summed E-state index contributed by atoms with van der Waals surface area (Å²) in [6.45, 7) is 3.10. The van der Waals surface area contributed by atoms with Crippen molar-refractivity contribution in [2.45, 2.75) is 24.8 Å². The van der Waals surface area contributed by atoms with Crippen molar-refractivity contribution in [2.75, 3.05) is 0 Å². The molecule has 0 aliphatic heterocycles. The zero-order valence-corrected chi connectivity index (χ0v) is 11.6. The van der Waals surface area contributed by atoms with Crippen LogP contribution in [0.3, 0.4) is 0 Å². The highest BCUT2D eigenvalue weighted by Crippen LogP contribution is 2.16. The number of halogens is 1. The topological polar surface area (TPSA) is 107 Å². The minimum absolute atomic E-state index is 0.359. The average molecular weight is 300 g/mol. The fraction of sp³-hybridized carbons (Fsp3) is 0.333. The number of benzene rings is 1. The highest BCUT2D eigenvalue weighted by atomic mass is 32.2. The number of sulfonamides is 1. The first-order chi connectivity index (χ1) is 9.19. The van der Waals surface area contributed by atoms with Gasteiger partial charge in [0.1, 0.15) is 17.9 Å². The van der Waals surface area contributed by atoms with Crippen molar-refractivity contribution in [2.24, 2.45) is 5.92 Å². The third-order valence-corrected chi connectivity index (χ3v) is 4.02. The number of nitriles is 1. The van der Waals surface area contributed by atoms with E-state index in [2.05, 4.69) is 0 Å². The molecule has 1 atom stereocenters. The van der Waals surface area contributed by atoms with Crippen molar-refractivity contribution in [1.29, 1.82) is 5.26 Å². The van der Waals surface area contributed by atoms with E-state index in [4.69, 9.17) is 10.4 Å². The van der Waals surface area contributed by atoms with E-state index in [1.54, 1.807) is 13.8 Å². The molecule has 1 aromatic carbocycles. The lowest BCUT2D eigenvalue weighted by molar-refractivity contribution is -0.140. The summed E-state index contributed by atoms with van der Waals surface area (Å²) in [5, 5.41) is 17.6. The Hall–Kier alpha value is -1.98. The summed E-state index contributed by atoms with van der Waals surface area (Å²) < 4.78 is 39.2. The van der Waals surface area contributed by atoms with Gasteiger partial charge in [-0.25, -0.2) is 12.8 Å². The van der Waals surface area contributed by atoms with Crippen molar-refractivity contribution >= 4 is 16.0 Å². The molecule has 2 N–H and O–H groups in total. The summed E-state index contributed by atoms with van der Waals surface area (Å²) >= 11 is 0. The monoisotopic (exact) mass is 300 g/mol. The van der Waals surface area contributed by atoms with Crippen molar-refractivity contribution in [1.82, 2.24) is 4.72 Å².